The van der Waals surface area contributed by atoms with Gasteiger partial charge in [0.2, 0.25) is 0 Å². The number of hydrogen-bond donors (Lipinski definition) is 1. The van der Waals surface area contributed by atoms with Crippen LogP contribution >= 0.6 is 0 Å². The number of benzene rings is 1. The van der Waals surface area contributed by atoms with Gasteiger partial charge in [-0.25, -0.2) is 0 Å². The molecule has 1 N–H and O–H groups in total. The summed E-state index contributed by atoms with van der Waals surface area (Å²) in [5.74, 6) is 1.75. The van der Waals surface area contributed by atoms with E-state index in [2.05, 4.69) is 36.5 Å². The average Bonchev–Trinajstić information content (AvgIpc) is 3.12. The van der Waals surface area contributed by atoms with Crippen molar-refractivity contribution in [2.24, 2.45) is 5.92 Å². The highest BCUT2D eigenvalue weighted by atomic mass is 15.0. The average molecular weight is 201 g/mol. The molecule has 3 rings (SSSR count). The normalized spacial score (nSPS) is 29.1. The first-order chi connectivity index (χ1) is 7.34. The van der Waals surface area contributed by atoms with Crippen molar-refractivity contribution in [2.75, 3.05) is 6.54 Å². The van der Waals surface area contributed by atoms with Crippen LogP contribution in [0.5, 0.6) is 0 Å². The molecule has 1 aromatic carbocycles. The summed E-state index contributed by atoms with van der Waals surface area (Å²) < 4.78 is 0. The monoisotopic (exact) mass is 201 g/mol. The molecule has 80 valence electrons. The van der Waals surface area contributed by atoms with Gasteiger partial charge in [-0.05, 0) is 55.7 Å². The van der Waals surface area contributed by atoms with E-state index < -0.39 is 0 Å². The molecule has 1 heteroatoms. The van der Waals surface area contributed by atoms with Gasteiger partial charge in [0.05, 0.1) is 0 Å². The maximum Gasteiger partial charge on any atom is 0.00683 e. The summed E-state index contributed by atoms with van der Waals surface area (Å²) in [6.45, 7) is 3.47. The van der Waals surface area contributed by atoms with Crippen LogP contribution in [0.4, 0.5) is 0 Å². The first kappa shape index (κ1) is 9.41. The van der Waals surface area contributed by atoms with E-state index in [0.29, 0.717) is 0 Å². The lowest BCUT2D eigenvalue weighted by atomic mass is 10.0. The Morgan fingerprint density at radius 2 is 2.07 bits per heavy atom. The Hall–Kier alpha value is -0.820. The fraction of sp³-hybridized carbons (Fsp3) is 0.571. The molecular weight excluding hydrogens is 182 g/mol. The van der Waals surface area contributed by atoms with E-state index in [9.17, 15) is 0 Å². The topological polar surface area (TPSA) is 12.0 Å². The van der Waals surface area contributed by atoms with E-state index in [0.717, 1.165) is 17.9 Å². The van der Waals surface area contributed by atoms with Gasteiger partial charge < -0.3 is 5.32 Å². The minimum atomic E-state index is 0.845. The second-order valence-electron chi connectivity index (χ2n) is 5.14. The summed E-state index contributed by atoms with van der Waals surface area (Å²) in [5.41, 5.74) is 3.05. The SMILES string of the molecule is Cc1ccccc1C1CC1CNC1CC1. The van der Waals surface area contributed by atoms with E-state index >= 15 is 0 Å². The minimum Gasteiger partial charge on any atom is -0.314 e. The van der Waals surface area contributed by atoms with Crippen LogP contribution in [0.1, 0.15) is 36.3 Å². The summed E-state index contributed by atoms with van der Waals surface area (Å²) in [5, 5.41) is 3.64. The molecule has 0 amide bonds. The van der Waals surface area contributed by atoms with Crippen molar-refractivity contribution >= 4 is 0 Å². The van der Waals surface area contributed by atoms with E-state index in [1.807, 2.05) is 0 Å². The van der Waals surface area contributed by atoms with Crippen LogP contribution < -0.4 is 5.32 Å². The lowest BCUT2D eigenvalue weighted by molar-refractivity contribution is 0.623. The van der Waals surface area contributed by atoms with Gasteiger partial charge in [-0.15, -0.1) is 0 Å². The summed E-state index contributed by atoms with van der Waals surface area (Å²) >= 11 is 0. The van der Waals surface area contributed by atoms with Crippen molar-refractivity contribution in [3.05, 3.63) is 35.4 Å². The Kier molecular flexibility index (Phi) is 2.28. The first-order valence-electron chi connectivity index (χ1n) is 6.13. The molecule has 15 heavy (non-hydrogen) atoms. The molecule has 0 radical (unpaired) electrons. The van der Waals surface area contributed by atoms with Crippen LogP contribution in [0, 0.1) is 12.8 Å². The molecule has 2 saturated carbocycles. The lowest BCUT2D eigenvalue weighted by Gasteiger charge is -2.05. The largest absolute Gasteiger partial charge is 0.314 e. The minimum absolute atomic E-state index is 0.845. The second-order valence-corrected chi connectivity index (χ2v) is 5.14. The third-order valence-electron chi connectivity index (χ3n) is 3.76. The predicted octanol–water partition coefficient (Wildman–Crippen LogP) is 2.85. The number of hydrogen-bond acceptors (Lipinski definition) is 1. The van der Waals surface area contributed by atoms with Crippen LogP contribution in [0.3, 0.4) is 0 Å². The Morgan fingerprint density at radius 1 is 1.27 bits per heavy atom. The molecule has 2 aliphatic carbocycles. The molecule has 1 nitrogen and oxygen atoms in total. The smallest absolute Gasteiger partial charge is 0.00683 e. The van der Waals surface area contributed by atoms with Crippen molar-refractivity contribution < 1.29 is 0 Å². The Balaban J connectivity index is 1.58. The number of aryl methyl sites for hydroxylation is 1. The van der Waals surface area contributed by atoms with Gasteiger partial charge in [0.15, 0.2) is 0 Å². The molecular formula is C14H19N. The Labute approximate surface area is 91.9 Å². The van der Waals surface area contributed by atoms with E-state index in [1.54, 1.807) is 5.56 Å². The molecule has 0 aliphatic heterocycles. The van der Waals surface area contributed by atoms with Crippen LogP contribution in [0.25, 0.3) is 0 Å². The molecule has 2 unspecified atom stereocenters. The third kappa shape index (κ3) is 2.07. The van der Waals surface area contributed by atoms with Gasteiger partial charge in [-0.2, -0.15) is 0 Å². The molecule has 0 spiro atoms. The zero-order chi connectivity index (χ0) is 10.3. The maximum absolute atomic E-state index is 3.64. The van der Waals surface area contributed by atoms with Crippen LogP contribution in [0.2, 0.25) is 0 Å². The molecule has 0 aromatic heterocycles. The highest BCUT2D eigenvalue weighted by Crippen LogP contribution is 2.48. The molecule has 0 heterocycles. The van der Waals surface area contributed by atoms with Gasteiger partial charge in [-0.1, -0.05) is 24.3 Å². The standard InChI is InChI=1S/C14H19N/c1-10-4-2-3-5-13(10)14-8-11(14)9-15-12-6-7-12/h2-5,11-12,14-15H,6-9H2,1H3. The van der Waals surface area contributed by atoms with E-state index in [-0.39, 0.29) is 0 Å². The van der Waals surface area contributed by atoms with Gasteiger partial charge in [0.1, 0.15) is 0 Å². The second kappa shape index (κ2) is 3.64. The quantitative estimate of drug-likeness (QED) is 0.790. The summed E-state index contributed by atoms with van der Waals surface area (Å²) in [6, 6.07) is 9.71. The fourth-order valence-corrected chi connectivity index (χ4v) is 2.46. The van der Waals surface area contributed by atoms with Crippen LogP contribution in [-0.4, -0.2) is 12.6 Å². The molecule has 2 atom stereocenters. The first-order valence-corrected chi connectivity index (χ1v) is 6.13. The van der Waals surface area contributed by atoms with Crippen molar-refractivity contribution in [2.45, 2.75) is 38.1 Å². The summed E-state index contributed by atoms with van der Waals surface area (Å²) in [7, 11) is 0. The van der Waals surface area contributed by atoms with Gasteiger partial charge in [-0.3, -0.25) is 0 Å². The summed E-state index contributed by atoms with van der Waals surface area (Å²) in [6.07, 6.45) is 4.20. The molecule has 0 bridgehead atoms. The van der Waals surface area contributed by atoms with Gasteiger partial charge in [0, 0.05) is 6.04 Å². The lowest BCUT2D eigenvalue weighted by Crippen LogP contribution is -2.19. The Morgan fingerprint density at radius 3 is 2.80 bits per heavy atom. The number of rotatable bonds is 4. The van der Waals surface area contributed by atoms with Crippen molar-refractivity contribution in [3.8, 4) is 0 Å². The maximum atomic E-state index is 3.64. The highest BCUT2D eigenvalue weighted by molar-refractivity contribution is 5.33. The molecule has 1 aromatic rings. The van der Waals surface area contributed by atoms with Crippen molar-refractivity contribution in [1.29, 1.82) is 0 Å². The third-order valence-corrected chi connectivity index (χ3v) is 3.76. The van der Waals surface area contributed by atoms with Gasteiger partial charge >= 0.3 is 0 Å². The van der Waals surface area contributed by atoms with E-state index in [1.165, 1.54) is 31.4 Å². The van der Waals surface area contributed by atoms with Crippen LogP contribution in [0.15, 0.2) is 24.3 Å². The molecule has 2 aliphatic rings. The molecule has 0 saturated heterocycles. The Bertz CT molecular complexity index is 354. The summed E-state index contributed by atoms with van der Waals surface area (Å²) in [4.78, 5) is 0. The van der Waals surface area contributed by atoms with E-state index in [4.69, 9.17) is 0 Å². The predicted molar refractivity (Wildman–Crippen MR) is 63.1 cm³/mol. The highest BCUT2D eigenvalue weighted by Gasteiger charge is 2.39. The van der Waals surface area contributed by atoms with Crippen LogP contribution in [-0.2, 0) is 0 Å². The van der Waals surface area contributed by atoms with Crippen molar-refractivity contribution in [1.82, 2.24) is 5.32 Å². The van der Waals surface area contributed by atoms with Gasteiger partial charge in [0.25, 0.3) is 0 Å². The zero-order valence-electron chi connectivity index (χ0n) is 9.37. The zero-order valence-corrected chi connectivity index (χ0v) is 9.37. The number of nitrogens with one attached hydrogen (secondary N) is 1. The molecule has 2 fully saturated rings. The van der Waals surface area contributed by atoms with Crippen molar-refractivity contribution in [3.63, 3.8) is 0 Å². The fourth-order valence-electron chi connectivity index (χ4n) is 2.46.